The van der Waals surface area contributed by atoms with Gasteiger partial charge in [0.2, 0.25) is 5.88 Å². The molecule has 1 heterocycles. The maximum atomic E-state index is 10.8. The third-order valence-electron chi connectivity index (χ3n) is 2.03. The fraction of sp³-hybridized carbons (Fsp3) is 0.400. The van der Waals surface area contributed by atoms with Crippen molar-refractivity contribution in [1.29, 1.82) is 0 Å². The highest BCUT2D eigenvalue weighted by Gasteiger charge is 2.21. The van der Waals surface area contributed by atoms with E-state index >= 15 is 0 Å². The topological polar surface area (TPSA) is 103 Å². The minimum absolute atomic E-state index is 0.0847. The molecule has 0 atom stereocenters. The predicted molar refractivity (Wildman–Crippen MR) is 58.3 cm³/mol. The molecule has 0 amide bonds. The van der Waals surface area contributed by atoms with Crippen molar-refractivity contribution in [2.75, 3.05) is 6.61 Å². The lowest BCUT2D eigenvalue weighted by molar-refractivity contribution is -0.385. The van der Waals surface area contributed by atoms with Crippen LogP contribution in [-0.2, 0) is 0 Å². The molecule has 1 aromatic rings. The van der Waals surface area contributed by atoms with Gasteiger partial charge in [-0.05, 0) is 6.42 Å². The Kier molecular flexibility index (Phi) is 4.38. The third kappa shape index (κ3) is 3.40. The van der Waals surface area contributed by atoms with E-state index in [-0.39, 0.29) is 5.88 Å². The fourth-order valence-electron chi connectivity index (χ4n) is 1.15. The molecule has 0 spiro atoms. The maximum absolute atomic E-state index is 10.8. The van der Waals surface area contributed by atoms with E-state index in [4.69, 9.17) is 9.84 Å². The molecule has 0 bridgehead atoms. The minimum atomic E-state index is -1.38. The zero-order chi connectivity index (χ0) is 12.8. The molecule has 0 saturated heterocycles. The Morgan fingerprint density at radius 3 is 2.88 bits per heavy atom. The predicted octanol–water partition coefficient (Wildman–Crippen LogP) is 1.87. The van der Waals surface area contributed by atoms with Gasteiger partial charge in [0.15, 0.2) is 0 Å². The van der Waals surface area contributed by atoms with E-state index in [2.05, 4.69) is 4.98 Å². The van der Waals surface area contributed by atoms with Crippen LogP contribution in [0.4, 0.5) is 5.69 Å². The second kappa shape index (κ2) is 5.78. The highest BCUT2D eigenvalue weighted by Crippen LogP contribution is 2.21. The van der Waals surface area contributed by atoms with Crippen molar-refractivity contribution in [2.45, 2.75) is 19.8 Å². The molecule has 1 rings (SSSR count). The average molecular weight is 240 g/mol. The van der Waals surface area contributed by atoms with Gasteiger partial charge in [0.1, 0.15) is 11.8 Å². The van der Waals surface area contributed by atoms with Crippen LogP contribution in [-0.4, -0.2) is 27.6 Å². The summed E-state index contributed by atoms with van der Waals surface area (Å²) in [4.78, 5) is 24.3. The van der Waals surface area contributed by atoms with Gasteiger partial charge in [-0.1, -0.05) is 13.3 Å². The maximum Gasteiger partial charge on any atom is 0.342 e. The largest absolute Gasteiger partial charge is 0.478 e. The van der Waals surface area contributed by atoms with Crippen LogP contribution in [0.25, 0.3) is 0 Å². The van der Waals surface area contributed by atoms with Gasteiger partial charge in [-0.15, -0.1) is 0 Å². The first-order valence-electron chi connectivity index (χ1n) is 5.06. The first kappa shape index (κ1) is 12.9. The van der Waals surface area contributed by atoms with Gasteiger partial charge in [0, 0.05) is 6.07 Å². The first-order valence-corrected chi connectivity index (χ1v) is 5.06. The normalized spacial score (nSPS) is 9.94. The number of carboxylic acid groups (broad SMARTS) is 1. The number of ether oxygens (including phenoxy) is 1. The van der Waals surface area contributed by atoms with Crippen LogP contribution < -0.4 is 4.74 Å². The van der Waals surface area contributed by atoms with Crippen molar-refractivity contribution in [3.8, 4) is 5.88 Å². The molecule has 17 heavy (non-hydrogen) atoms. The number of rotatable bonds is 6. The number of hydrogen-bond donors (Lipinski definition) is 1. The lowest BCUT2D eigenvalue weighted by Gasteiger charge is -2.04. The second-order valence-corrected chi connectivity index (χ2v) is 3.30. The van der Waals surface area contributed by atoms with E-state index < -0.39 is 22.1 Å². The lowest BCUT2D eigenvalue weighted by Crippen LogP contribution is -2.06. The molecule has 1 aromatic heterocycles. The first-order chi connectivity index (χ1) is 8.06. The summed E-state index contributed by atoms with van der Waals surface area (Å²) in [7, 11) is 0. The summed E-state index contributed by atoms with van der Waals surface area (Å²) in [5.74, 6) is -1.29. The molecular weight excluding hydrogens is 228 g/mol. The highest BCUT2D eigenvalue weighted by atomic mass is 16.6. The number of pyridine rings is 1. The monoisotopic (exact) mass is 240 g/mol. The summed E-state index contributed by atoms with van der Waals surface area (Å²) in [6, 6.07) is 1.07. The molecule has 0 aromatic carbocycles. The zero-order valence-corrected chi connectivity index (χ0v) is 9.25. The van der Waals surface area contributed by atoms with Crippen LogP contribution in [0, 0.1) is 10.1 Å². The average Bonchev–Trinajstić information content (AvgIpc) is 2.29. The summed E-state index contributed by atoms with van der Waals surface area (Å²) in [5.41, 5.74) is -0.961. The molecule has 7 nitrogen and oxygen atoms in total. The SMILES string of the molecule is CCCCOc1cc(C(=O)O)c([N+](=O)[O-])cn1. The van der Waals surface area contributed by atoms with Crippen LogP contribution in [0.1, 0.15) is 30.1 Å². The Bertz CT molecular complexity index is 433. The highest BCUT2D eigenvalue weighted by molar-refractivity contribution is 5.92. The van der Waals surface area contributed by atoms with Crippen molar-refractivity contribution in [3.05, 3.63) is 27.9 Å². The third-order valence-corrected chi connectivity index (χ3v) is 2.03. The summed E-state index contributed by atoms with van der Waals surface area (Å²) >= 11 is 0. The number of unbranched alkanes of at least 4 members (excludes halogenated alkanes) is 1. The van der Waals surface area contributed by atoms with E-state index in [0.29, 0.717) is 6.61 Å². The van der Waals surface area contributed by atoms with Crippen LogP contribution in [0.3, 0.4) is 0 Å². The second-order valence-electron chi connectivity index (χ2n) is 3.30. The summed E-state index contributed by atoms with van der Waals surface area (Å²) in [6.45, 7) is 2.38. The van der Waals surface area contributed by atoms with Crippen molar-refractivity contribution < 1.29 is 19.6 Å². The van der Waals surface area contributed by atoms with Gasteiger partial charge in [-0.25, -0.2) is 9.78 Å². The molecule has 0 fully saturated rings. The number of aromatic nitrogens is 1. The minimum Gasteiger partial charge on any atom is -0.478 e. The van der Waals surface area contributed by atoms with Gasteiger partial charge in [-0.2, -0.15) is 0 Å². The molecule has 0 aliphatic heterocycles. The molecule has 0 aliphatic carbocycles. The van der Waals surface area contributed by atoms with E-state index in [9.17, 15) is 14.9 Å². The van der Waals surface area contributed by atoms with Crippen molar-refractivity contribution in [3.63, 3.8) is 0 Å². The van der Waals surface area contributed by atoms with E-state index in [0.717, 1.165) is 25.1 Å². The van der Waals surface area contributed by atoms with Gasteiger partial charge in [0.25, 0.3) is 0 Å². The smallest absolute Gasteiger partial charge is 0.342 e. The van der Waals surface area contributed by atoms with Crippen molar-refractivity contribution in [1.82, 2.24) is 4.98 Å². The van der Waals surface area contributed by atoms with E-state index in [1.165, 1.54) is 0 Å². The lowest BCUT2D eigenvalue weighted by atomic mass is 10.2. The van der Waals surface area contributed by atoms with Gasteiger partial charge in [-0.3, -0.25) is 10.1 Å². The summed E-state index contributed by atoms with van der Waals surface area (Å²) in [5, 5.41) is 19.4. The molecule has 0 saturated carbocycles. The molecule has 0 unspecified atom stereocenters. The molecule has 1 N–H and O–H groups in total. The Labute approximate surface area is 97.2 Å². The molecule has 0 radical (unpaired) electrons. The van der Waals surface area contributed by atoms with Crippen LogP contribution >= 0.6 is 0 Å². The van der Waals surface area contributed by atoms with Crippen LogP contribution in [0.15, 0.2) is 12.3 Å². The summed E-state index contributed by atoms with van der Waals surface area (Å²) in [6.07, 6.45) is 2.63. The Hall–Kier alpha value is -2.18. The van der Waals surface area contributed by atoms with E-state index in [1.807, 2.05) is 6.92 Å². The fourth-order valence-corrected chi connectivity index (χ4v) is 1.15. The molecular formula is C10H12N2O5. The number of nitrogens with zero attached hydrogens (tertiary/aromatic N) is 2. The quantitative estimate of drug-likeness (QED) is 0.462. The van der Waals surface area contributed by atoms with Gasteiger partial charge in [0.05, 0.1) is 11.5 Å². The van der Waals surface area contributed by atoms with Crippen LogP contribution in [0.5, 0.6) is 5.88 Å². The van der Waals surface area contributed by atoms with Crippen molar-refractivity contribution in [2.24, 2.45) is 0 Å². The standard InChI is InChI=1S/C10H12N2O5/c1-2-3-4-17-9-5-7(10(13)14)8(6-11-9)12(15)16/h5-6H,2-4H2,1H3,(H,13,14). The van der Waals surface area contributed by atoms with E-state index in [1.54, 1.807) is 0 Å². The van der Waals surface area contributed by atoms with Gasteiger partial charge >= 0.3 is 11.7 Å². The number of nitro groups is 1. The number of hydrogen-bond acceptors (Lipinski definition) is 5. The summed E-state index contributed by atoms with van der Waals surface area (Å²) < 4.78 is 5.17. The van der Waals surface area contributed by atoms with Gasteiger partial charge < -0.3 is 9.84 Å². The number of aromatic carboxylic acids is 1. The number of carboxylic acids is 1. The molecule has 7 heteroatoms. The molecule has 92 valence electrons. The van der Waals surface area contributed by atoms with Crippen LogP contribution in [0.2, 0.25) is 0 Å². The Balaban J connectivity index is 2.94. The Morgan fingerprint density at radius 1 is 1.65 bits per heavy atom. The molecule has 0 aliphatic rings. The van der Waals surface area contributed by atoms with Crippen molar-refractivity contribution >= 4 is 11.7 Å². The Morgan fingerprint density at radius 2 is 2.35 bits per heavy atom. The number of carbonyl (C=O) groups is 1. The zero-order valence-electron chi connectivity index (χ0n) is 9.25.